The van der Waals surface area contributed by atoms with E-state index in [0.717, 1.165) is 37.8 Å². The SMILES string of the molecule is CCC[C@H]1CCCN1C(=O)c1ccc(-c2ccc(C(=O)OC)cc2O)cc1. The van der Waals surface area contributed by atoms with Crippen molar-refractivity contribution < 1.29 is 19.4 Å². The molecule has 1 heterocycles. The number of ether oxygens (including phenoxy) is 1. The average Bonchev–Trinajstić information content (AvgIpc) is 3.15. The van der Waals surface area contributed by atoms with E-state index < -0.39 is 5.97 Å². The van der Waals surface area contributed by atoms with Gasteiger partial charge in [0, 0.05) is 23.7 Å². The first kappa shape index (κ1) is 19.0. The van der Waals surface area contributed by atoms with Crippen LogP contribution in [0.4, 0.5) is 0 Å². The smallest absolute Gasteiger partial charge is 0.337 e. The first-order valence-corrected chi connectivity index (χ1v) is 9.38. The number of likely N-dealkylation sites (tertiary alicyclic amines) is 1. The fraction of sp³-hybridized carbons (Fsp3) is 0.364. The van der Waals surface area contributed by atoms with Gasteiger partial charge in [-0.25, -0.2) is 4.79 Å². The van der Waals surface area contributed by atoms with Crippen LogP contribution in [-0.4, -0.2) is 41.6 Å². The number of benzene rings is 2. The molecule has 1 saturated heterocycles. The Morgan fingerprint density at radius 2 is 1.85 bits per heavy atom. The highest BCUT2D eigenvalue weighted by Gasteiger charge is 2.28. The van der Waals surface area contributed by atoms with Crippen molar-refractivity contribution in [1.82, 2.24) is 4.90 Å². The van der Waals surface area contributed by atoms with Crippen LogP contribution < -0.4 is 0 Å². The van der Waals surface area contributed by atoms with Crippen LogP contribution >= 0.6 is 0 Å². The van der Waals surface area contributed by atoms with Crippen molar-refractivity contribution in [2.75, 3.05) is 13.7 Å². The van der Waals surface area contributed by atoms with Gasteiger partial charge < -0.3 is 14.7 Å². The van der Waals surface area contributed by atoms with Gasteiger partial charge in [-0.2, -0.15) is 0 Å². The summed E-state index contributed by atoms with van der Waals surface area (Å²) in [5, 5.41) is 10.3. The minimum absolute atomic E-state index is 0.000436. The van der Waals surface area contributed by atoms with Crippen LogP contribution in [0.15, 0.2) is 42.5 Å². The molecule has 0 aliphatic carbocycles. The summed E-state index contributed by atoms with van der Waals surface area (Å²) in [6, 6.07) is 12.3. The average molecular weight is 367 g/mol. The highest BCUT2D eigenvalue weighted by atomic mass is 16.5. The minimum atomic E-state index is -0.495. The maximum absolute atomic E-state index is 12.8. The summed E-state index contributed by atoms with van der Waals surface area (Å²) >= 11 is 0. The Hall–Kier alpha value is -2.82. The number of phenolic OH excluding ortho intramolecular Hbond substituents is 1. The van der Waals surface area contributed by atoms with Crippen LogP contribution in [0.2, 0.25) is 0 Å². The lowest BCUT2D eigenvalue weighted by molar-refractivity contribution is 0.0600. The second-order valence-corrected chi connectivity index (χ2v) is 6.88. The summed E-state index contributed by atoms with van der Waals surface area (Å²) in [5.41, 5.74) is 2.34. The molecule has 1 fully saturated rings. The fourth-order valence-corrected chi connectivity index (χ4v) is 3.72. The largest absolute Gasteiger partial charge is 0.507 e. The number of esters is 1. The predicted octanol–water partition coefficient (Wildman–Crippen LogP) is 4.25. The van der Waals surface area contributed by atoms with E-state index in [-0.39, 0.29) is 11.7 Å². The van der Waals surface area contributed by atoms with Crippen LogP contribution in [0.5, 0.6) is 5.75 Å². The molecule has 1 atom stereocenters. The number of hydrogen-bond donors (Lipinski definition) is 1. The number of hydrogen-bond acceptors (Lipinski definition) is 4. The van der Waals surface area contributed by atoms with Crippen LogP contribution in [-0.2, 0) is 4.74 Å². The molecule has 0 radical (unpaired) electrons. The molecule has 0 aromatic heterocycles. The molecule has 2 aromatic carbocycles. The predicted molar refractivity (Wildman–Crippen MR) is 104 cm³/mol. The number of phenols is 1. The van der Waals surface area contributed by atoms with Gasteiger partial charge >= 0.3 is 5.97 Å². The van der Waals surface area contributed by atoms with E-state index in [1.54, 1.807) is 24.3 Å². The lowest BCUT2D eigenvalue weighted by Crippen LogP contribution is -2.35. The summed E-state index contributed by atoms with van der Waals surface area (Å²) in [6.07, 6.45) is 4.27. The van der Waals surface area contributed by atoms with Gasteiger partial charge in [0.2, 0.25) is 0 Å². The zero-order valence-electron chi connectivity index (χ0n) is 15.8. The molecule has 1 aliphatic heterocycles. The maximum atomic E-state index is 12.8. The Morgan fingerprint density at radius 3 is 2.48 bits per heavy atom. The second kappa shape index (κ2) is 8.25. The zero-order valence-corrected chi connectivity index (χ0v) is 15.8. The van der Waals surface area contributed by atoms with Crippen molar-refractivity contribution >= 4 is 11.9 Å². The normalized spacial score (nSPS) is 16.4. The molecule has 1 N–H and O–H groups in total. The number of amides is 1. The van der Waals surface area contributed by atoms with E-state index >= 15 is 0 Å². The second-order valence-electron chi connectivity index (χ2n) is 6.88. The van der Waals surface area contributed by atoms with Crippen LogP contribution in [0, 0.1) is 0 Å². The van der Waals surface area contributed by atoms with Gasteiger partial charge in [0.05, 0.1) is 12.7 Å². The number of methoxy groups -OCH3 is 1. The summed E-state index contributed by atoms with van der Waals surface area (Å²) < 4.78 is 4.66. The molecule has 142 valence electrons. The van der Waals surface area contributed by atoms with Crippen molar-refractivity contribution in [2.45, 2.75) is 38.6 Å². The van der Waals surface area contributed by atoms with Gasteiger partial charge in [0.1, 0.15) is 5.75 Å². The molecule has 27 heavy (non-hydrogen) atoms. The quantitative estimate of drug-likeness (QED) is 0.802. The molecule has 3 rings (SSSR count). The third-order valence-electron chi connectivity index (χ3n) is 5.12. The van der Waals surface area contributed by atoms with Gasteiger partial charge in [-0.15, -0.1) is 0 Å². The minimum Gasteiger partial charge on any atom is -0.507 e. The highest BCUT2D eigenvalue weighted by Crippen LogP contribution is 2.31. The topological polar surface area (TPSA) is 66.8 Å². The van der Waals surface area contributed by atoms with Crippen LogP contribution in [0.25, 0.3) is 11.1 Å². The van der Waals surface area contributed by atoms with Crippen molar-refractivity contribution in [2.24, 2.45) is 0 Å². The van der Waals surface area contributed by atoms with E-state index in [9.17, 15) is 14.7 Å². The maximum Gasteiger partial charge on any atom is 0.337 e. The Morgan fingerprint density at radius 1 is 1.15 bits per heavy atom. The van der Waals surface area contributed by atoms with Gasteiger partial charge in [0.25, 0.3) is 5.91 Å². The number of carbonyl (C=O) groups excluding carboxylic acids is 2. The summed E-state index contributed by atoms with van der Waals surface area (Å²) in [7, 11) is 1.30. The highest BCUT2D eigenvalue weighted by molar-refractivity contribution is 5.95. The van der Waals surface area contributed by atoms with Crippen molar-refractivity contribution in [3.05, 3.63) is 53.6 Å². The lowest BCUT2D eigenvalue weighted by atomic mass is 10.0. The number of aromatic hydroxyl groups is 1. The Kier molecular flexibility index (Phi) is 5.79. The summed E-state index contributed by atoms with van der Waals surface area (Å²) in [6.45, 7) is 2.97. The summed E-state index contributed by atoms with van der Waals surface area (Å²) in [4.78, 5) is 26.4. The molecule has 0 saturated carbocycles. The number of rotatable bonds is 5. The van der Waals surface area contributed by atoms with E-state index in [1.165, 1.54) is 13.2 Å². The van der Waals surface area contributed by atoms with Gasteiger partial charge in [0.15, 0.2) is 0 Å². The Balaban J connectivity index is 1.79. The monoisotopic (exact) mass is 367 g/mol. The fourth-order valence-electron chi connectivity index (χ4n) is 3.72. The molecule has 5 heteroatoms. The molecular weight excluding hydrogens is 342 g/mol. The van der Waals surface area contributed by atoms with Gasteiger partial charge in [-0.3, -0.25) is 4.79 Å². The molecule has 1 amide bonds. The summed E-state index contributed by atoms with van der Waals surface area (Å²) in [5.74, 6) is -0.424. The third-order valence-corrected chi connectivity index (χ3v) is 5.12. The molecule has 5 nitrogen and oxygen atoms in total. The van der Waals surface area contributed by atoms with Crippen molar-refractivity contribution in [1.29, 1.82) is 0 Å². The number of nitrogens with zero attached hydrogens (tertiary/aromatic N) is 1. The third kappa shape index (κ3) is 3.97. The molecule has 2 aromatic rings. The molecular formula is C22H25NO4. The molecule has 0 unspecified atom stereocenters. The van der Waals surface area contributed by atoms with E-state index in [2.05, 4.69) is 11.7 Å². The van der Waals surface area contributed by atoms with Crippen LogP contribution in [0.1, 0.15) is 53.3 Å². The van der Waals surface area contributed by atoms with Crippen molar-refractivity contribution in [3.8, 4) is 16.9 Å². The first-order valence-electron chi connectivity index (χ1n) is 9.38. The standard InChI is InChI=1S/C22H25NO4/c1-3-5-18-6-4-13-23(18)21(25)16-9-7-15(8-10-16)19-12-11-17(14-20(19)24)22(26)27-2/h7-12,14,18,24H,3-6,13H2,1-2H3/t18-/m0/s1. The van der Waals surface area contributed by atoms with E-state index in [1.807, 2.05) is 17.0 Å². The van der Waals surface area contributed by atoms with E-state index in [4.69, 9.17) is 0 Å². The molecule has 0 bridgehead atoms. The first-order chi connectivity index (χ1) is 13.0. The molecule has 0 spiro atoms. The van der Waals surface area contributed by atoms with E-state index in [0.29, 0.717) is 22.7 Å². The lowest BCUT2D eigenvalue weighted by Gasteiger charge is -2.24. The zero-order chi connectivity index (χ0) is 19.4. The van der Waals surface area contributed by atoms with Crippen molar-refractivity contribution in [3.63, 3.8) is 0 Å². The van der Waals surface area contributed by atoms with Gasteiger partial charge in [-0.05, 0) is 55.2 Å². The number of carbonyl (C=O) groups is 2. The Labute approximate surface area is 159 Å². The van der Waals surface area contributed by atoms with Gasteiger partial charge in [-0.1, -0.05) is 25.5 Å². The molecule has 1 aliphatic rings. The van der Waals surface area contributed by atoms with Crippen LogP contribution in [0.3, 0.4) is 0 Å². The Bertz CT molecular complexity index is 829.